The highest BCUT2D eigenvalue weighted by Crippen LogP contribution is 2.29. The first-order valence-corrected chi connectivity index (χ1v) is 7.89. The van der Waals surface area contributed by atoms with Gasteiger partial charge in [-0.25, -0.2) is 4.98 Å². The summed E-state index contributed by atoms with van der Waals surface area (Å²) in [4.78, 5) is 4.78. The molecule has 2 aromatic heterocycles. The molecule has 2 aromatic carbocycles. The van der Waals surface area contributed by atoms with Gasteiger partial charge < -0.3 is 13.7 Å². The lowest BCUT2D eigenvalue weighted by atomic mass is 10.2. The molecule has 0 radical (unpaired) electrons. The Morgan fingerprint density at radius 3 is 2.58 bits per heavy atom. The minimum absolute atomic E-state index is 0.722. The Kier molecular flexibility index (Phi) is 3.58. The molecule has 0 atom stereocenters. The number of imidazole rings is 1. The molecule has 0 saturated carbocycles. The van der Waals surface area contributed by atoms with Crippen molar-refractivity contribution in [3.63, 3.8) is 0 Å². The molecule has 24 heavy (non-hydrogen) atoms. The second-order valence-corrected chi connectivity index (χ2v) is 5.77. The van der Waals surface area contributed by atoms with Gasteiger partial charge in [0.2, 0.25) is 0 Å². The van der Waals surface area contributed by atoms with Crippen LogP contribution in [0.2, 0.25) is 0 Å². The Morgan fingerprint density at radius 2 is 1.88 bits per heavy atom. The fourth-order valence-corrected chi connectivity index (χ4v) is 2.90. The van der Waals surface area contributed by atoms with Crippen LogP contribution in [-0.4, -0.2) is 16.7 Å². The summed E-state index contributed by atoms with van der Waals surface area (Å²) in [5.74, 6) is 3.30. The smallest absolute Gasteiger partial charge is 0.177 e. The quantitative estimate of drug-likeness (QED) is 0.549. The topological polar surface area (TPSA) is 40.2 Å². The van der Waals surface area contributed by atoms with Crippen LogP contribution in [-0.2, 0) is 6.54 Å². The molecule has 4 heteroatoms. The largest absolute Gasteiger partial charge is 0.497 e. The van der Waals surface area contributed by atoms with Crippen LogP contribution in [0.1, 0.15) is 11.3 Å². The van der Waals surface area contributed by atoms with Crippen LogP contribution in [0.25, 0.3) is 22.6 Å². The first-order valence-electron chi connectivity index (χ1n) is 7.89. The highest BCUT2D eigenvalue weighted by atomic mass is 16.5. The summed E-state index contributed by atoms with van der Waals surface area (Å²) in [5, 5.41) is 0. The summed E-state index contributed by atoms with van der Waals surface area (Å²) in [6.07, 6.45) is 0. The summed E-state index contributed by atoms with van der Waals surface area (Å²) in [5.41, 5.74) is 3.17. The summed E-state index contributed by atoms with van der Waals surface area (Å²) < 4.78 is 13.4. The zero-order valence-corrected chi connectivity index (χ0v) is 13.7. The van der Waals surface area contributed by atoms with Gasteiger partial charge in [-0.3, -0.25) is 0 Å². The number of aromatic nitrogens is 2. The first kappa shape index (κ1) is 14.6. The average Bonchev–Trinajstić information content (AvgIpc) is 3.19. The van der Waals surface area contributed by atoms with Crippen LogP contribution in [0.15, 0.2) is 65.1 Å². The number of furan rings is 1. The van der Waals surface area contributed by atoms with Gasteiger partial charge in [0.1, 0.15) is 11.5 Å². The van der Waals surface area contributed by atoms with Crippen LogP contribution in [0.5, 0.6) is 5.75 Å². The van der Waals surface area contributed by atoms with Crippen LogP contribution in [0, 0.1) is 6.92 Å². The molecule has 0 spiro atoms. The van der Waals surface area contributed by atoms with E-state index in [-0.39, 0.29) is 0 Å². The second-order valence-electron chi connectivity index (χ2n) is 5.77. The van der Waals surface area contributed by atoms with E-state index in [1.807, 2.05) is 55.5 Å². The summed E-state index contributed by atoms with van der Waals surface area (Å²) in [6.45, 7) is 2.66. The van der Waals surface area contributed by atoms with Crippen molar-refractivity contribution < 1.29 is 9.15 Å². The van der Waals surface area contributed by atoms with Crippen molar-refractivity contribution in [1.82, 2.24) is 9.55 Å². The van der Waals surface area contributed by atoms with E-state index >= 15 is 0 Å². The maximum absolute atomic E-state index is 5.82. The number of nitrogens with zero attached hydrogens (tertiary/aromatic N) is 2. The van der Waals surface area contributed by atoms with Gasteiger partial charge in [-0.1, -0.05) is 30.3 Å². The van der Waals surface area contributed by atoms with Gasteiger partial charge in [0.05, 0.1) is 18.1 Å². The minimum atomic E-state index is 0.722. The third-order valence-corrected chi connectivity index (χ3v) is 4.10. The average molecular weight is 318 g/mol. The Bertz CT molecular complexity index is 983. The number of fused-ring (bicyclic) bond motifs is 1. The molecule has 4 nitrogen and oxygen atoms in total. The Balaban J connectivity index is 1.91. The Hall–Kier alpha value is -3.01. The van der Waals surface area contributed by atoms with Crippen LogP contribution < -0.4 is 4.74 Å². The number of hydrogen-bond acceptors (Lipinski definition) is 3. The maximum Gasteiger partial charge on any atom is 0.177 e. The molecule has 120 valence electrons. The SMILES string of the molecule is COc1ccc2nc(-c3ccc(C)o3)n(Cc3ccccc3)c2c1. The van der Waals surface area contributed by atoms with Gasteiger partial charge in [-0.15, -0.1) is 0 Å². The van der Waals surface area contributed by atoms with E-state index in [1.165, 1.54) is 5.56 Å². The second kappa shape index (κ2) is 5.89. The van der Waals surface area contributed by atoms with Crippen molar-refractivity contribution in [3.8, 4) is 17.3 Å². The zero-order chi connectivity index (χ0) is 16.5. The molecule has 0 aliphatic rings. The van der Waals surface area contributed by atoms with Crippen molar-refractivity contribution in [2.75, 3.05) is 7.11 Å². The van der Waals surface area contributed by atoms with Gasteiger partial charge in [0, 0.05) is 12.6 Å². The predicted octanol–water partition coefficient (Wildman–Crippen LogP) is 4.66. The van der Waals surface area contributed by atoms with Crippen LogP contribution >= 0.6 is 0 Å². The van der Waals surface area contributed by atoms with E-state index in [1.54, 1.807) is 7.11 Å². The number of ether oxygens (including phenoxy) is 1. The van der Waals surface area contributed by atoms with Crippen molar-refractivity contribution in [3.05, 3.63) is 72.0 Å². The number of benzene rings is 2. The summed E-state index contributed by atoms with van der Waals surface area (Å²) in [7, 11) is 1.68. The van der Waals surface area contributed by atoms with E-state index < -0.39 is 0 Å². The molecule has 0 bridgehead atoms. The lowest BCUT2D eigenvalue weighted by Gasteiger charge is -2.09. The Labute approximate surface area is 140 Å². The van der Waals surface area contributed by atoms with E-state index in [2.05, 4.69) is 16.7 Å². The molecule has 4 rings (SSSR count). The Morgan fingerprint density at radius 1 is 1.04 bits per heavy atom. The standard InChI is InChI=1S/C20H18N2O2/c1-14-8-11-19(24-14)20-21-17-10-9-16(23-2)12-18(17)22(20)13-15-6-4-3-5-7-15/h3-12H,13H2,1-2H3. The van der Waals surface area contributed by atoms with Crippen molar-refractivity contribution in [1.29, 1.82) is 0 Å². The predicted molar refractivity (Wildman–Crippen MR) is 94.3 cm³/mol. The first-order chi connectivity index (χ1) is 11.7. The van der Waals surface area contributed by atoms with E-state index in [4.69, 9.17) is 14.1 Å². The zero-order valence-electron chi connectivity index (χ0n) is 13.7. The van der Waals surface area contributed by atoms with E-state index in [9.17, 15) is 0 Å². The number of methoxy groups -OCH3 is 1. The van der Waals surface area contributed by atoms with Crippen molar-refractivity contribution in [2.45, 2.75) is 13.5 Å². The number of aryl methyl sites for hydroxylation is 1. The van der Waals surface area contributed by atoms with E-state index in [0.29, 0.717) is 0 Å². The van der Waals surface area contributed by atoms with Gasteiger partial charge in [0.25, 0.3) is 0 Å². The molecule has 0 saturated heterocycles. The van der Waals surface area contributed by atoms with Gasteiger partial charge in [-0.2, -0.15) is 0 Å². The molecule has 0 N–H and O–H groups in total. The van der Waals surface area contributed by atoms with Gasteiger partial charge in [0.15, 0.2) is 11.6 Å². The fourth-order valence-electron chi connectivity index (χ4n) is 2.90. The molecule has 0 fully saturated rings. The van der Waals surface area contributed by atoms with Crippen LogP contribution in [0.4, 0.5) is 0 Å². The maximum atomic E-state index is 5.82. The molecule has 2 heterocycles. The molecule has 4 aromatic rings. The highest BCUT2D eigenvalue weighted by Gasteiger charge is 2.16. The molecular formula is C20H18N2O2. The molecule has 0 amide bonds. The minimum Gasteiger partial charge on any atom is -0.497 e. The third-order valence-electron chi connectivity index (χ3n) is 4.10. The van der Waals surface area contributed by atoms with Crippen LogP contribution in [0.3, 0.4) is 0 Å². The normalized spacial score (nSPS) is 11.1. The summed E-state index contributed by atoms with van der Waals surface area (Å²) >= 11 is 0. The molecule has 0 unspecified atom stereocenters. The number of rotatable bonds is 4. The van der Waals surface area contributed by atoms with E-state index in [0.717, 1.165) is 40.7 Å². The van der Waals surface area contributed by atoms with Gasteiger partial charge in [-0.05, 0) is 36.8 Å². The monoisotopic (exact) mass is 318 g/mol. The molecule has 0 aliphatic heterocycles. The highest BCUT2D eigenvalue weighted by molar-refractivity contribution is 5.81. The van der Waals surface area contributed by atoms with Crippen molar-refractivity contribution in [2.24, 2.45) is 0 Å². The molecular weight excluding hydrogens is 300 g/mol. The summed E-state index contributed by atoms with van der Waals surface area (Å²) in [6, 6.07) is 20.2. The lowest BCUT2D eigenvalue weighted by Crippen LogP contribution is -2.02. The van der Waals surface area contributed by atoms with Crippen molar-refractivity contribution >= 4 is 11.0 Å². The van der Waals surface area contributed by atoms with Gasteiger partial charge >= 0.3 is 0 Å². The third kappa shape index (κ3) is 2.56. The molecule has 0 aliphatic carbocycles. The fraction of sp³-hybridized carbons (Fsp3) is 0.150. The number of hydrogen-bond donors (Lipinski definition) is 0. The lowest BCUT2D eigenvalue weighted by molar-refractivity contribution is 0.415.